The fourth-order valence-electron chi connectivity index (χ4n) is 1.14. The number of hydrogen-bond acceptors (Lipinski definition) is 3. The first-order valence-corrected chi connectivity index (χ1v) is 5.44. The molecule has 0 saturated heterocycles. The van der Waals surface area contributed by atoms with Crippen LogP contribution in [0.3, 0.4) is 0 Å². The molecule has 3 heteroatoms. The predicted octanol–water partition coefficient (Wildman–Crippen LogP) is 2.55. The van der Waals surface area contributed by atoms with Crippen LogP contribution in [0, 0.1) is 6.92 Å². The van der Waals surface area contributed by atoms with Crippen LogP contribution in [0.5, 0.6) is 0 Å². The van der Waals surface area contributed by atoms with Gasteiger partial charge in [-0.15, -0.1) is 11.8 Å². The number of aryl methyl sites for hydroxylation is 1. The average Bonchev–Trinajstić information content (AvgIpc) is 2.20. The normalized spacial score (nSPS) is 10.1. The Bertz CT molecular complexity index is 310. The monoisotopic (exact) mass is 210 g/mol. The number of hydrogen-bond donors (Lipinski definition) is 0. The van der Waals surface area contributed by atoms with Gasteiger partial charge in [-0.05, 0) is 24.6 Å². The Labute approximate surface area is 88.7 Å². The fourth-order valence-corrected chi connectivity index (χ4v) is 2.06. The zero-order valence-corrected chi connectivity index (χ0v) is 9.26. The molecule has 0 bridgehead atoms. The first kappa shape index (κ1) is 11.3. The Kier molecular flexibility index (Phi) is 4.70. The molecule has 0 spiro atoms. The summed E-state index contributed by atoms with van der Waals surface area (Å²) in [7, 11) is 1.70. The van der Waals surface area contributed by atoms with E-state index < -0.39 is 0 Å². The van der Waals surface area contributed by atoms with Crippen molar-refractivity contribution < 1.29 is 9.53 Å². The summed E-state index contributed by atoms with van der Waals surface area (Å²) in [4.78, 5) is 11.7. The molecule has 2 nitrogen and oxygen atoms in total. The van der Waals surface area contributed by atoms with E-state index in [2.05, 4.69) is 0 Å². The van der Waals surface area contributed by atoms with Crippen molar-refractivity contribution in [2.45, 2.75) is 11.8 Å². The zero-order valence-electron chi connectivity index (χ0n) is 8.45. The summed E-state index contributed by atoms with van der Waals surface area (Å²) in [6.07, 6.45) is 0.872. The smallest absolute Gasteiger partial charge is 0.150 e. The number of rotatable bonds is 5. The molecular formula is C11H14O2S. The van der Waals surface area contributed by atoms with Crippen LogP contribution < -0.4 is 0 Å². The summed E-state index contributed by atoms with van der Waals surface area (Å²) in [6.45, 7) is 2.77. The molecule has 0 aliphatic heterocycles. The van der Waals surface area contributed by atoms with Crippen molar-refractivity contribution >= 4 is 18.0 Å². The van der Waals surface area contributed by atoms with Gasteiger partial charge in [-0.1, -0.05) is 6.07 Å². The maximum absolute atomic E-state index is 10.5. The Hall–Kier alpha value is -0.800. The molecule has 76 valence electrons. The third-order valence-corrected chi connectivity index (χ3v) is 3.02. The van der Waals surface area contributed by atoms with E-state index in [9.17, 15) is 4.79 Å². The zero-order chi connectivity index (χ0) is 10.4. The lowest BCUT2D eigenvalue weighted by molar-refractivity contribution is 0.112. The minimum absolute atomic E-state index is 0.735. The molecule has 0 aliphatic carbocycles. The SMILES string of the molecule is COCCSc1ccc(C=O)cc1C. The highest BCUT2D eigenvalue weighted by molar-refractivity contribution is 7.99. The quantitative estimate of drug-likeness (QED) is 0.424. The van der Waals surface area contributed by atoms with Crippen molar-refractivity contribution in [1.82, 2.24) is 0 Å². The van der Waals surface area contributed by atoms with Crippen LogP contribution in [0.1, 0.15) is 15.9 Å². The van der Waals surface area contributed by atoms with Gasteiger partial charge in [-0.25, -0.2) is 0 Å². The maximum Gasteiger partial charge on any atom is 0.150 e. The van der Waals surface area contributed by atoms with Gasteiger partial charge in [-0.2, -0.15) is 0 Å². The Balaban J connectivity index is 2.64. The molecule has 0 heterocycles. The van der Waals surface area contributed by atoms with Gasteiger partial charge in [0.1, 0.15) is 6.29 Å². The van der Waals surface area contributed by atoms with Crippen LogP contribution in [-0.2, 0) is 4.74 Å². The van der Waals surface area contributed by atoms with E-state index in [0.717, 1.165) is 29.8 Å². The summed E-state index contributed by atoms with van der Waals surface area (Å²) < 4.78 is 4.97. The van der Waals surface area contributed by atoms with Crippen molar-refractivity contribution in [2.24, 2.45) is 0 Å². The molecule has 0 aliphatic rings. The number of methoxy groups -OCH3 is 1. The summed E-state index contributed by atoms with van der Waals surface area (Å²) in [5, 5.41) is 0. The molecule has 1 aromatic carbocycles. The lowest BCUT2D eigenvalue weighted by atomic mass is 10.2. The third-order valence-electron chi connectivity index (χ3n) is 1.88. The molecule has 0 unspecified atom stereocenters. The predicted molar refractivity (Wildman–Crippen MR) is 59.2 cm³/mol. The van der Waals surface area contributed by atoms with E-state index in [1.54, 1.807) is 18.9 Å². The van der Waals surface area contributed by atoms with Crippen LogP contribution in [0.15, 0.2) is 23.1 Å². The Morgan fingerprint density at radius 2 is 2.29 bits per heavy atom. The molecule has 1 rings (SSSR count). The highest BCUT2D eigenvalue weighted by Crippen LogP contribution is 2.22. The van der Waals surface area contributed by atoms with Gasteiger partial charge in [0, 0.05) is 23.3 Å². The molecule has 0 N–H and O–H groups in total. The molecule has 0 aromatic heterocycles. The van der Waals surface area contributed by atoms with Crippen molar-refractivity contribution in [3.05, 3.63) is 29.3 Å². The lowest BCUT2D eigenvalue weighted by Crippen LogP contribution is -1.92. The number of benzene rings is 1. The topological polar surface area (TPSA) is 26.3 Å². The largest absolute Gasteiger partial charge is 0.384 e. The highest BCUT2D eigenvalue weighted by Gasteiger charge is 1.99. The van der Waals surface area contributed by atoms with E-state index in [1.807, 2.05) is 25.1 Å². The highest BCUT2D eigenvalue weighted by atomic mass is 32.2. The minimum Gasteiger partial charge on any atom is -0.384 e. The molecule has 14 heavy (non-hydrogen) atoms. The number of carbonyl (C=O) groups is 1. The van der Waals surface area contributed by atoms with Crippen molar-refractivity contribution in [3.8, 4) is 0 Å². The number of carbonyl (C=O) groups excluding carboxylic acids is 1. The van der Waals surface area contributed by atoms with Gasteiger partial charge >= 0.3 is 0 Å². The van der Waals surface area contributed by atoms with E-state index in [4.69, 9.17) is 4.74 Å². The van der Waals surface area contributed by atoms with Crippen molar-refractivity contribution in [3.63, 3.8) is 0 Å². The Morgan fingerprint density at radius 3 is 2.86 bits per heavy atom. The molecule has 0 radical (unpaired) electrons. The second-order valence-electron chi connectivity index (χ2n) is 2.98. The van der Waals surface area contributed by atoms with Crippen LogP contribution in [0.2, 0.25) is 0 Å². The summed E-state index contributed by atoms with van der Waals surface area (Å²) in [5.74, 6) is 0.942. The summed E-state index contributed by atoms with van der Waals surface area (Å²) in [5.41, 5.74) is 1.88. The van der Waals surface area contributed by atoms with Gasteiger partial charge in [0.2, 0.25) is 0 Å². The van der Waals surface area contributed by atoms with Crippen LogP contribution >= 0.6 is 11.8 Å². The van der Waals surface area contributed by atoms with E-state index in [0.29, 0.717) is 0 Å². The van der Waals surface area contributed by atoms with Crippen LogP contribution in [0.4, 0.5) is 0 Å². The maximum atomic E-state index is 10.5. The molecule has 0 fully saturated rings. The molecule has 1 aromatic rings. The first-order chi connectivity index (χ1) is 6.77. The van der Waals surface area contributed by atoms with Crippen LogP contribution in [-0.4, -0.2) is 25.8 Å². The van der Waals surface area contributed by atoms with Gasteiger partial charge in [0.05, 0.1) is 6.61 Å². The van der Waals surface area contributed by atoms with E-state index >= 15 is 0 Å². The molecule has 0 saturated carbocycles. The standard InChI is InChI=1S/C11H14O2S/c1-9-7-10(8-12)3-4-11(9)14-6-5-13-2/h3-4,7-8H,5-6H2,1-2H3. The molecule has 0 amide bonds. The van der Waals surface area contributed by atoms with Gasteiger partial charge in [0.15, 0.2) is 0 Å². The van der Waals surface area contributed by atoms with Gasteiger partial charge < -0.3 is 4.74 Å². The average molecular weight is 210 g/mol. The van der Waals surface area contributed by atoms with E-state index in [-0.39, 0.29) is 0 Å². The van der Waals surface area contributed by atoms with Gasteiger partial charge in [-0.3, -0.25) is 4.79 Å². The Morgan fingerprint density at radius 1 is 1.50 bits per heavy atom. The second kappa shape index (κ2) is 5.83. The first-order valence-electron chi connectivity index (χ1n) is 4.45. The van der Waals surface area contributed by atoms with Crippen molar-refractivity contribution in [2.75, 3.05) is 19.5 Å². The van der Waals surface area contributed by atoms with Gasteiger partial charge in [0.25, 0.3) is 0 Å². The number of aldehydes is 1. The van der Waals surface area contributed by atoms with E-state index in [1.165, 1.54) is 4.90 Å². The fraction of sp³-hybridized carbons (Fsp3) is 0.364. The summed E-state index contributed by atoms with van der Waals surface area (Å²) in [6, 6.07) is 5.73. The lowest BCUT2D eigenvalue weighted by Gasteiger charge is -2.05. The summed E-state index contributed by atoms with van der Waals surface area (Å²) >= 11 is 1.75. The van der Waals surface area contributed by atoms with Crippen molar-refractivity contribution in [1.29, 1.82) is 0 Å². The molecular weight excluding hydrogens is 196 g/mol. The third kappa shape index (κ3) is 3.16. The minimum atomic E-state index is 0.735. The molecule has 0 atom stereocenters. The number of ether oxygens (including phenoxy) is 1. The number of thioether (sulfide) groups is 1. The second-order valence-corrected chi connectivity index (χ2v) is 4.12. The van der Waals surface area contributed by atoms with Crippen LogP contribution in [0.25, 0.3) is 0 Å².